The first kappa shape index (κ1) is 30.5. The van der Waals surface area contributed by atoms with Crippen LogP contribution in [0, 0.1) is 18.3 Å². The number of fused-ring (bicyclic) bond motifs is 2. The Bertz CT molecular complexity index is 1920. The largest absolute Gasteiger partial charge is 0.393 e. The number of allylic oxidation sites excluding steroid dienone is 1. The Morgan fingerprint density at radius 1 is 1.22 bits per heavy atom. The molecule has 0 aliphatic carbocycles. The summed E-state index contributed by atoms with van der Waals surface area (Å²) in [6.07, 6.45) is 3.10. The van der Waals surface area contributed by atoms with Gasteiger partial charge in [-0.25, -0.2) is 14.6 Å². The zero-order valence-electron chi connectivity index (χ0n) is 24.6. The summed E-state index contributed by atoms with van der Waals surface area (Å²) < 4.78 is 42.0. The summed E-state index contributed by atoms with van der Waals surface area (Å²) >= 11 is 1.06. The molecule has 6 rings (SSSR count). The highest BCUT2D eigenvalue weighted by molar-refractivity contribution is 7.18. The van der Waals surface area contributed by atoms with Crippen LogP contribution in [0.2, 0.25) is 0 Å². The molecular weight excluding hydrogens is 601 g/mol. The number of nitrogens with one attached hydrogen (secondary N) is 1. The lowest BCUT2D eigenvalue weighted by molar-refractivity contribution is -0.126. The summed E-state index contributed by atoms with van der Waals surface area (Å²) in [5.74, 6) is 0.294. The summed E-state index contributed by atoms with van der Waals surface area (Å²) in [4.78, 5) is 23.5. The second-order valence-corrected chi connectivity index (χ2v) is 12.4. The average Bonchev–Trinajstić information content (AvgIpc) is 3.74. The van der Waals surface area contributed by atoms with Crippen LogP contribution in [-0.2, 0) is 25.9 Å². The predicted octanol–water partition coefficient (Wildman–Crippen LogP) is 6.27. The van der Waals surface area contributed by atoms with Crippen molar-refractivity contribution in [3.8, 4) is 6.07 Å². The molecule has 1 fully saturated rings. The van der Waals surface area contributed by atoms with Crippen LogP contribution in [0.1, 0.15) is 44.9 Å². The Balaban J connectivity index is 1.10. The van der Waals surface area contributed by atoms with E-state index in [1.807, 2.05) is 10.6 Å². The Morgan fingerprint density at radius 2 is 2.02 bits per heavy atom. The number of piperidine rings is 1. The van der Waals surface area contributed by atoms with Crippen molar-refractivity contribution in [2.45, 2.75) is 57.9 Å². The van der Waals surface area contributed by atoms with Gasteiger partial charge in [-0.15, -0.1) is 11.3 Å². The molecule has 0 radical (unpaired) electrons. The molecule has 45 heavy (non-hydrogen) atoms. The number of hydrogen-bond acceptors (Lipinski definition) is 8. The van der Waals surface area contributed by atoms with Crippen molar-refractivity contribution in [3.05, 3.63) is 82.9 Å². The van der Waals surface area contributed by atoms with Gasteiger partial charge in [-0.3, -0.25) is 9.69 Å². The molecule has 1 N–H and O–H groups in total. The summed E-state index contributed by atoms with van der Waals surface area (Å²) in [5.41, 5.74) is 4.82. The topological polar surface area (TPSA) is 105 Å². The third-order valence-electron chi connectivity index (χ3n) is 8.32. The number of likely N-dealkylation sites (tertiary alicyclic amines) is 1. The van der Waals surface area contributed by atoms with Gasteiger partial charge in [0.05, 0.1) is 18.0 Å². The Morgan fingerprint density at radius 3 is 2.76 bits per heavy atom. The zero-order chi connectivity index (χ0) is 31.7. The van der Waals surface area contributed by atoms with Gasteiger partial charge in [0.25, 0.3) is 5.91 Å². The van der Waals surface area contributed by atoms with Crippen LogP contribution < -0.4 is 5.32 Å². The van der Waals surface area contributed by atoms with Crippen LogP contribution in [0.5, 0.6) is 0 Å². The molecule has 9 nitrogen and oxygen atoms in total. The van der Waals surface area contributed by atoms with Crippen molar-refractivity contribution < 1.29 is 18.0 Å². The molecule has 0 bridgehead atoms. The number of halogens is 3. The normalized spacial score (nSPS) is 14.6. The molecule has 0 saturated carbocycles. The highest BCUT2D eigenvalue weighted by Gasteiger charge is 2.29. The maximum Gasteiger partial charge on any atom is 0.393 e. The minimum absolute atomic E-state index is 0.156. The molecule has 5 aromatic rings. The van der Waals surface area contributed by atoms with E-state index in [9.17, 15) is 23.2 Å². The lowest BCUT2D eigenvalue weighted by Gasteiger charge is -2.33. The van der Waals surface area contributed by atoms with Crippen molar-refractivity contribution in [2.75, 3.05) is 18.4 Å². The molecular formula is C32H31F3N8OS. The number of thiophene rings is 1. The smallest absolute Gasteiger partial charge is 0.367 e. The van der Waals surface area contributed by atoms with Crippen molar-refractivity contribution in [3.63, 3.8) is 0 Å². The van der Waals surface area contributed by atoms with Crippen LogP contribution in [0.4, 0.5) is 19.0 Å². The second kappa shape index (κ2) is 12.5. The number of nitriles is 1. The molecule has 0 amide bonds. The van der Waals surface area contributed by atoms with E-state index in [4.69, 9.17) is 0 Å². The number of hydrogen-bond donors (Lipinski definition) is 1. The first-order valence-corrected chi connectivity index (χ1v) is 15.4. The molecule has 0 atom stereocenters. The fourth-order valence-corrected chi connectivity index (χ4v) is 6.97. The van der Waals surface area contributed by atoms with Crippen LogP contribution in [-0.4, -0.2) is 60.4 Å². The summed E-state index contributed by atoms with van der Waals surface area (Å²) in [5, 5.41) is 19.1. The summed E-state index contributed by atoms with van der Waals surface area (Å²) in [6, 6.07) is 10.2. The first-order chi connectivity index (χ1) is 21.6. The Labute approximate surface area is 261 Å². The van der Waals surface area contributed by atoms with E-state index in [0.29, 0.717) is 34.7 Å². The number of anilines is 1. The van der Waals surface area contributed by atoms with E-state index in [2.05, 4.69) is 57.0 Å². The van der Waals surface area contributed by atoms with Gasteiger partial charge in [-0.2, -0.15) is 23.5 Å². The standard InChI is InChI=1S/C32H31F3N8OS/c1-3-29(44)43-17-21(16-39-43)6-11-42-24(15-36)12-26-20(2)22(4-5-28(26)42)18-41-9-7-23(8-10-41)40-30-27-13-25(14-32(33,34)35)45-31(27)38-19-37-30/h3-5,12-13,16-17,19,23H,1,6-11,14,18H2,2H3,(H,37,38,40). The minimum Gasteiger partial charge on any atom is -0.367 e. The molecule has 0 unspecified atom stereocenters. The van der Waals surface area contributed by atoms with Crippen molar-refractivity contribution in [1.29, 1.82) is 5.26 Å². The van der Waals surface area contributed by atoms with Gasteiger partial charge in [0.1, 0.15) is 28.7 Å². The molecule has 1 aliphatic rings. The summed E-state index contributed by atoms with van der Waals surface area (Å²) in [7, 11) is 0. The minimum atomic E-state index is -4.26. The highest BCUT2D eigenvalue weighted by atomic mass is 32.1. The maximum atomic E-state index is 12.9. The van der Waals surface area contributed by atoms with Crippen molar-refractivity contribution in [1.82, 2.24) is 29.2 Å². The Hall–Kier alpha value is -4.54. The molecule has 13 heteroatoms. The number of carbonyl (C=O) groups is 1. The fourth-order valence-electron chi connectivity index (χ4n) is 5.95. The van der Waals surface area contributed by atoms with Gasteiger partial charge in [-0.05, 0) is 67.2 Å². The highest BCUT2D eigenvalue weighted by Crippen LogP contribution is 2.33. The van der Waals surface area contributed by atoms with Crippen molar-refractivity contribution >= 4 is 44.2 Å². The number of rotatable bonds is 9. The first-order valence-electron chi connectivity index (χ1n) is 14.6. The summed E-state index contributed by atoms with van der Waals surface area (Å²) in [6.45, 7) is 8.66. The monoisotopic (exact) mass is 632 g/mol. The van der Waals surface area contributed by atoms with E-state index in [0.717, 1.165) is 65.8 Å². The van der Waals surface area contributed by atoms with E-state index in [1.54, 1.807) is 18.5 Å². The predicted molar refractivity (Wildman–Crippen MR) is 167 cm³/mol. The van der Waals surface area contributed by atoms with Crippen LogP contribution in [0.15, 0.2) is 55.6 Å². The van der Waals surface area contributed by atoms with Gasteiger partial charge < -0.3 is 9.88 Å². The van der Waals surface area contributed by atoms with Gasteiger partial charge in [0, 0.05) is 54.2 Å². The average molecular weight is 633 g/mol. The number of carbonyl (C=O) groups excluding carboxylic acids is 1. The van der Waals surface area contributed by atoms with Crippen LogP contribution in [0.25, 0.3) is 21.1 Å². The molecule has 1 aliphatic heterocycles. The van der Waals surface area contributed by atoms with Crippen LogP contribution >= 0.6 is 11.3 Å². The van der Waals surface area contributed by atoms with Gasteiger partial charge in [0.15, 0.2) is 0 Å². The third-order valence-corrected chi connectivity index (χ3v) is 9.36. The number of alkyl halides is 3. The van der Waals surface area contributed by atoms with E-state index < -0.39 is 12.6 Å². The third kappa shape index (κ3) is 6.62. The van der Waals surface area contributed by atoms with Crippen LogP contribution in [0.3, 0.4) is 0 Å². The molecule has 1 saturated heterocycles. The second-order valence-electron chi connectivity index (χ2n) is 11.3. The number of nitrogens with zero attached hydrogens (tertiary/aromatic N) is 7. The van der Waals surface area contributed by atoms with E-state index >= 15 is 0 Å². The molecule has 1 aromatic carbocycles. The van der Waals surface area contributed by atoms with E-state index in [-0.39, 0.29) is 16.8 Å². The number of aryl methyl sites for hydroxylation is 3. The quantitative estimate of drug-likeness (QED) is 0.191. The lowest BCUT2D eigenvalue weighted by atomic mass is 10.0. The molecule has 4 aromatic heterocycles. The number of aromatic nitrogens is 5. The molecule has 0 spiro atoms. The van der Waals surface area contributed by atoms with Gasteiger partial charge >= 0.3 is 6.18 Å². The van der Waals surface area contributed by atoms with Crippen molar-refractivity contribution in [2.24, 2.45) is 0 Å². The molecule has 232 valence electrons. The maximum absolute atomic E-state index is 12.9. The zero-order valence-corrected chi connectivity index (χ0v) is 25.5. The van der Waals surface area contributed by atoms with Gasteiger partial charge in [0.2, 0.25) is 0 Å². The van der Waals surface area contributed by atoms with E-state index in [1.165, 1.54) is 22.6 Å². The van der Waals surface area contributed by atoms with Gasteiger partial charge in [-0.1, -0.05) is 12.6 Å². The fraction of sp³-hybridized carbons (Fsp3) is 0.344. The lowest BCUT2D eigenvalue weighted by Crippen LogP contribution is -2.39. The molecule has 5 heterocycles. The Kier molecular flexibility index (Phi) is 8.44. The SMILES string of the molecule is C=CC(=O)n1cc(CCn2c(C#N)cc3c(C)c(CN4CCC(Nc5ncnc6sc(CC(F)(F)F)cc56)CC4)ccc32)cn1. The number of benzene rings is 1.